The van der Waals surface area contributed by atoms with E-state index in [1.165, 1.54) is 6.92 Å². The number of carbonyl (C=O) groups is 4. The summed E-state index contributed by atoms with van der Waals surface area (Å²) in [6.45, 7) is 0.535. The van der Waals surface area contributed by atoms with E-state index >= 15 is 0 Å². The monoisotopic (exact) mass is 290 g/mol. The van der Waals surface area contributed by atoms with Gasteiger partial charge < -0.3 is 26.0 Å². The molecule has 0 aliphatic carbocycles. The van der Waals surface area contributed by atoms with Crippen LogP contribution in [0.25, 0.3) is 0 Å². The SMILES string of the molecule is CC(=O)[C@@H](N)COC(=O)CCC(=O)OC[C@H](N)C(=O)O. The fourth-order valence-corrected chi connectivity index (χ4v) is 0.903. The predicted octanol–water partition coefficient (Wildman–Crippen LogP) is -1.82. The average molecular weight is 290 g/mol. The molecule has 0 aliphatic rings. The highest BCUT2D eigenvalue weighted by Gasteiger charge is 2.16. The lowest BCUT2D eigenvalue weighted by Gasteiger charge is -2.09. The minimum Gasteiger partial charge on any atom is -0.480 e. The third-order valence-electron chi connectivity index (χ3n) is 2.22. The van der Waals surface area contributed by atoms with E-state index in [0.717, 1.165) is 0 Å². The number of ketones is 1. The van der Waals surface area contributed by atoms with Crippen molar-refractivity contribution in [1.29, 1.82) is 0 Å². The topological polar surface area (TPSA) is 159 Å². The summed E-state index contributed by atoms with van der Waals surface area (Å²) in [6.07, 6.45) is -0.535. The van der Waals surface area contributed by atoms with Crippen LogP contribution in [-0.4, -0.2) is 54.1 Å². The van der Waals surface area contributed by atoms with E-state index in [0.29, 0.717) is 0 Å². The number of carboxylic acids is 1. The maximum atomic E-state index is 11.2. The van der Waals surface area contributed by atoms with Crippen molar-refractivity contribution in [1.82, 2.24) is 0 Å². The molecular formula is C11H18N2O7. The molecule has 0 rings (SSSR count). The molecule has 9 heteroatoms. The summed E-state index contributed by atoms with van der Waals surface area (Å²) in [6, 6.07) is -2.20. The number of nitrogens with two attached hydrogens (primary N) is 2. The molecule has 5 N–H and O–H groups in total. The standard InChI is InChI=1S/C11H18N2O7/c1-6(14)7(12)4-19-9(15)2-3-10(16)20-5-8(13)11(17)18/h7-8H,2-5,12-13H2,1H3,(H,17,18)/t7-,8-/m0/s1. The third-order valence-corrected chi connectivity index (χ3v) is 2.22. The molecule has 0 radical (unpaired) electrons. The van der Waals surface area contributed by atoms with Crippen molar-refractivity contribution in [3.05, 3.63) is 0 Å². The van der Waals surface area contributed by atoms with E-state index in [2.05, 4.69) is 9.47 Å². The minimum absolute atomic E-state index is 0.257. The van der Waals surface area contributed by atoms with Gasteiger partial charge in [-0.3, -0.25) is 19.2 Å². The van der Waals surface area contributed by atoms with E-state index in [1.807, 2.05) is 0 Å². The fourth-order valence-electron chi connectivity index (χ4n) is 0.903. The molecule has 0 aromatic heterocycles. The number of hydrogen-bond acceptors (Lipinski definition) is 8. The first-order valence-electron chi connectivity index (χ1n) is 5.79. The van der Waals surface area contributed by atoms with Crippen molar-refractivity contribution < 1.29 is 33.8 Å². The van der Waals surface area contributed by atoms with Crippen molar-refractivity contribution in [2.45, 2.75) is 31.8 Å². The van der Waals surface area contributed by atoms with Gasteiger partial charge in [0, 0.05) is 0 Å². The van der Waals surface area contributed by atoms with Gasteiger partial charge in [0.2, 0.25) is 0 Å². The molecule has 0 aromatic rings. The quantitative estimate of drug-likeness (QED) is 0.415. The van der Waals surface area contributed by atoms with Gasteiger partial charge in [-0.15, -0.1) is 0 Å². The first-order valence-corrected chi connectivity index (χ1v) is 5.79. The van der Waals surface area contributed by atoms with Gasteiger partial charge in [0.1, 0.15) is 25.0 Å². The van der Waals surface area contributed by atoms with Gasteiger partial charge in [0.05, 0.1) is 18.9 Å². The zero-order chi connectivity index (χ0) is 15.7. The Morgan fingerprint density at radius 1 is 0.950 bits per heavy atom. The van der Waals surface area contributed by atoms with Gasteiger partial charge >= 0.3 is 17.9 Å². The number of carbonyl (C=O) groups excluding carboxylic acids is 3. The molecule has 20 heavy (non-hydrogen) atoms. The van der Waals surface area contributed by atoms with Crippen LogP contribution in [0, 0.1) is 0 Å². The van der Waals surface area contributed by atoms with Crippen LogP contribution in [0.3, 0.4) is 0 Å². The number of Topliss-reactive ketones (excluding diaryl/α,β-unsaturated/α-hetero) is 1. The lowest BCUT2D eigenvalue weighted by molar-refractivity contribution is -0.152. The largest absolute Gasteiger partial charge is 0.480 e. The van der Waals surface area contributed by atoms with E-state index in [9.17, 15) is 19.2 Å². The first-order chi connectivity index (χ1) is 9.23. The second kappa shape index (κ2) is 8.99. The predicted molar refractivity (Wildman–Crippen MR) is 65.4 cm³/mol. The summed E-state index contributed by atoms with van der Waals surface area (Å²) < 4.78 is 9.22. The Labute approximate surface area is 115 Å². The van der Waals surface area contributed by atoms with E-state index in [1.54, 1.807) is 0 Å². The van der Waals surface area contributed by atoms with Crippen LogP contribution in [0.4, 0.5) is 0 Å². The normalized spacial score (nSPS) is 13.2. The maximum Gasteiger partial charge on any atom is 0.324 e. The lowest BCUT2D eigenvalue weighted by Crippen LogP contribution is -2.36. The fraction of sp³-hybridized carbons (Fsp3) is 0.636. The van der Waals surface area contributed by atoms with Crippen LogP contribution >= 0.6 is 0 Å². The molecule has 0 bridgehead atoms. The van der Waals surface area contributed by atoms with Gasteiger partial charge in [0.15, 0.2) is 0 Å². The third kappa shape index (κ3) is 8.16. The second-order valence-electron chi connectivity index (χ2n) is 4.03. The van der Waals surface area contributed by atoms with Crippen LogP contribution in [0.2, 0.25) is 0 Å². The number of aliphatic carboxylic acids is 1. The molecule has 0 aliphatic heterocycles. The number of rotatable bonds is 9. The summed E-state index contributed by atoms with van der Waals surface area (Å²) in [7, 11) is 0. The van der Waals surface area contributed by atoms with Crippen LogP contribution in [0.15, 0.2) is 0 Å². The molecule has 9 nitrogen and oxygen atoms in total. The van der Waals surface area contributed by atoms with E-state index < -0.39 is 36.6 Å². The number of hydrogen-bond donors (Lipinski definition) is 3. The summed E-state index contributed by atoms with van der Waals surface area (Å²) >= 11 is 0. The smallest absolute Gasteiger partial charge is 0.324 e. The van der Waals surface area contributed by atoms with Crippen molar-refractivity contribution in [3.8, 4) is 0 Å². The highest BCUT2D eigenvalue weighted by atomic mass is 16.5. The maximum absolute atomic E-state index is 11.2. The number of carboxylic acid groups (broad SMARTS) is 1. The Hall–Kier alpha value is -2.00. The molecule has 0 amide bonds. The number of ether oxygens (including phenoxy) is 2. The zero-order valence-electron chi connectivity index (χ0n) is 11.0. The molecule has 0 unspecified atom stereocenters. The van der Waals surface area contributed by atoms with Gasteiger partial charge in [0.25, 0.3) is 0 Å². The molecule has 0 saturated carbocycles. The molecular weight excluding hydrogens is 272 g/mol. The Morgan fingerprint density at radius 2 is 1.35 bits per heavy atom. The summed E-state index contributed by atoms with van der Waals surface area (Å²) in [5.74, 6) is -3.09. The van der Waals surface area contributed by atoms with Crippen LogP contribution in [0.5, 0.6) is 0 Å². The van der Waals surface area contributed by atoms with Crippen LogP contribution < -0.4 is 11.5 Å². The Balaban J connectivity index is 3.81. The van der Waals surface area contributed by atoms with Crippen molar-refractivity contribution >= 4 is 23.7 Å². The van der Waals surface area contributed by atoms with Gasteiger partial charge in [-0.1, -0.05) is 0 Å². The first kappa shape index (κ1) is 18.0. The van der Waals surface area contributed by atoms with Gasteiger partial charge in [-0.2, -0.15) is 0 Å². The lowest BCUT2D eigenvalue weighted by atomic mass is 10.2. The molecule has 0 heterocycles. The van der Waals surface area contributed by atoms with E-state index in [-0.39, 0.29) is 25.2 Å². The minimum atomic E-state index is -1.31. The molecule has 2 atom stereocenters. The van der Waals surface area contributed by atoms with Crippen LogP contribution in [-0.2, 0) is 28.7 Å². The van der Waals surface area contributed by atoms with Crippen molar-refractivity contribution in [2.75, 3.05) is 13.2 Å². The molecule has 114 valence electrons. The second-order valence-corrected chi connectivity index (χ2v) is 4.03. The Bertz CT molecular complexity index is 347. The molecule has 0 aromatic carbocycles. The molecule has 0 saturated heterocycles. The van der Waals surface area contributed by atoms with Gasteiger partial charge in [-0.05, 0) is 6.92 Å². The zero-order valence-corrected chi connectivity index (χ0v) is 11.0. The van der Waals surface area contributed by atoms with Crippen LogP contribution in [0.1, 0.15) is 19.8 Å². The Morgan fingerprint density at radius 3 is 1.70 bits per heavy atom. The van der Waals surface area contributed by atoms with Crippen molar-refractivity contribution in [3.63, 3.8) is 0 Å². The summed E-state index contributed by atoms with van der Waals surface area (Å²) in [5.41, 5.74) is 10.5. The number of esters is 2. The highest BCUT2D eigenvalue weighted by molar-refractivity contribution is 5.82. The van der Waals surface area contributed by atoms with Crippen molar-refractivity contribution in [2.24, 2.45) is 11.5 Å². The van der Waals surface area contributed by atoms with Gasteiger partial charge in [-0.25, -0.2) is 0 Å². The van der Waals surface area contributed by atoms with E-state index in [4.69, 9.17) is 16.6 Å². The Kier molecular flexibility index (Phi) is 8.09. The molecule has 0 fully saturated rings. The summed E-state index contributed by atoms with van der Waals surface area (Å²) in [4.78, 5) is 43.5. The molecule has 0 spiro atoms. The summed E-state index contributed by atoms with van der Waals surface area (Å²) in [5, 5.41) is 8.45. The highest BCUT2D eigenvalue weighted by Crippen LogP contribution is 1.97. The average Bonchev–Trinajstić information content (AvgIpc) is 2.39.